The van der Waals surface area contributed by atoms with Gasteiger partial charge in [0.2, 0.25) is 0 Å². The Morgan fingerprint density at radius 1 is 1.07 bits per heavy atom. The van der Waals surface area contributed by atoms with Crippen molar-refractivity contribution in [2.75, 3.05) is 5.32 Å². The summed E-state index contributed by atoms with van der Waals surface area (Å²) in [4.78, 5) is 24.6. The topological polar surface area (TPSA) is 80.6 Å². The molecule has 7 heteroatoms. The zero-order valence-corrected chi connectivity index (χ0v) is 17.7. The van der Waals surface area contributed by atoms with Crippen LogP contribution in [0.25, 0.3) is 0 Å². The van der Waals surface area contributed by atoms with Crippen molar-refractivity contribution in [3.63, 3.8) is 0 Å². The largest absolute Gasteiger partial charge is 0.490 e. The number of ether oxygens (including phenoxy) is 1. The van der Waals surface area contributed by atoms with Gasteiger partial charge < -0.3 is 19.8 Å². The van der Waals surface area contributed by atoms with Gasteiger partial charge in [-0.05, 0) is 61.9 Å². The molecule has 29 heavy (non-hydrogen) atoms. The van der Waals surface area contributed by atoms with Gasteiger partial charge in [-0.25, -0.2) is 0 Å². The molecule has 1 aromatic heterocycles. The Kier molecular flexibility index (Phi) is 6.72. The van der Waals surface area contributed by atoms with Crippen molar-refractivity contribution < 1.29 is 18.7 Å². The number of anilines is 1. The van der Waals surface area contributed by atoms with Crippen LogP contribution in [0.1, 0.15) is 40.3 Å². The fraction of sp³-hybridized carbons (Fsp3) is 0.182. The van der Waals surface area contributed by atoms with Gasteiger partial charge in [-0.1, -0.05) is 28.1 Å². The SMILES string of the molecule is CC(C)Oc1cc(Br)ccc1C(=O)NCc1ccc(NC(=O)c2ccco2)cc1. The molecule has 0 aliphatic rings. The van der Waals surface area contributed by atoms with Gasteiger partial charge in [0.25, 0.3) is 11.8 Å². The Labute approximate surface area is 177 Å². The fourth-order valence-corrected chi connectivity index (χ4v) is 2.96. The third kappa shape index (κ3) is 5.71. The molecule has 0 unspecified atom stereocenters. The lowest BCUT2D eigenvalue weighted by Gasteiger charge is -2.15. The maximum atomic E-state index is 12.6. The number of nitrogens with one attached hydrogen (secondary N) is 2. The van der Waals surface area contributed by atoms with Crippen LogP contribution in [-0.2, 0) is 6.54 Å². The number of carbonyl (C=O) groups excluding carboxylic acids is 2. The molecule has 0 atom stereocenters. The van der Waals surface area contributed by atoms with Crippen LogP contribution >= 0.6 is 15.9 Å². The van der Waals surface area contributed by atoms with Gasteiger partial charge in [0.1, 0.15) is 5.75 Å². The molecule has 0 fully saturated rings. The number of carbonyl (C=O) groups is 2. The Balaban J connectivity index is 1.60. The summed E-state index contributed by atoms with van der Waals surface area (Å²) in [5, 5.41) is 5.65. The molecule has 0 saturated carbocycles. The number of hydrogen-bond acceptors (Lipinski definition) is 4. The molecule has 2 N–H and O–H groups in total. The van der Waals surface area contributed by atoms with E-state index in [-0.39, 0.29) is 23.7 Å². The normalized spacial score (nSPS) is 10.6. The molecule has 0 bridgehead atoms. The predicted molar refractivity (Wildman–Crippen MR) is 114 cm³/mol. The van der Waals surface area contributed by atoms with Crippen molar-refractivity contribution in [2.24, 2.45) is 0 Å². The second-order valence-electron chi connectivity index (χ2n) is 6.62. The van der Waals surface area contributed by atoms with Gasteiger partial charge in [-0.2, -0.15) is 0 Å². The van der Waals surface area contributed by atoms with Crippen LogP contribution in [0.4, 0.5) is 5.69 Å². The molecule has 6 nitrogen and oxygen atoms in total. The van der Waals surface area contributed by atoms with Gasteiger partial charge in [0.15, 0.2) is 5.76 Å². The number of furan rings is 1. The smallest absolute Gasteiger partial charge is 0.291 e. The lowest BCUT2D eigenvalue weighted by atomic mass is 10.1. The molecule has 150 valence electrons. The molecule has 0 aliphatic carbocycles. The van der Waals surface area contributed by atoms with Gasteiger partial charge in [0, 0.05) is 16.7 Å². The summed E-state index contributed by atoms with van der Waals surface area (Å²) in [6, 6.07) is 15.8. The average Bonchev–Trinajstić information content (AvgIpc) is 3.22. The number of halogens is 1. The highest BCUT2D eigenvalue weighted by Gasteiger charge is 2.14. The Morgan fingerprint density at radius 3 is 2.48 bits per heavy atom. The summed E-state index contributed by atoms with van der Waals surface area (Å²) in [5.41, 5.74) is 2.02. The minimum absolute atomic E-state index is 0.0419. The van der Waals surface area contributed by atoms with E-state index in [9.17, 15) is 9.59 Å². The van der Waals surface area contributed by atoms with E-state index in [0.717, 1.165) is 10.0 Å². The van der Waals surface area contributed by atoms with E-state index in [2.05, 4.69) is 26.6 Å². The molecule has 0 saturated heterocycles. The summed E-state index contributed by atoms with van der Waals surface area (Å²) in [6.07, 6.45) is 1.41. The molecule has 3 rings (SSSR count). The first-order valence-electron chi connectivity index (χ1n) is 9.10. The molecular formula is C22H21BrN2O4. The van der Waals surface area contributed by atoms with E-state index < -0.39 is 0 Å². The lowest BCUT2D eigenvalue weighted by Crippen LogP contribution is -2.24. The molecule has 0 aliphatic heterocycles. The van der Waals surface area contributed by atoms with Gasteiger partial charge >= 0.3 is 0 Å². The maximum absolute atomic E-state index is 12.6. The summed E-state index contributed by atoms with van der Waals surface area (Å²) in [5.74, 6) is 0.241. The Hall–Kier alpha value is -3.06. The first kappa shape index (κ1) is 20.7. The zero-order chi connectivity index (χ0) is 20.8. The second kappa shape index (κ2) is 9.43. The van der Waals surface area contributed by atoms with Crippen LogP contribution in [0, 0.1) is 0 Å². The van der Waals surface area contributed by atoms with Crippen molar-refractivity contribution in [1.29, 1.82) is 0 Å². The summed E-state index contributed by atoms with van der Waals surface area (Å²) >= 11 is 3.40. The van der Waals surface area contributed by atoms with Crippen LogP contribution < -0.4 is 15.4 Å². The Morgan fingerprint density at radius 2 is 1.83 bits per heavy atom. The molecular weight excluding hydrogens is 436 g/mol. The average molecular weight is 457 g/mol. The first-order chi connectivity index (χ1) is 13.9. The van der Waals surface area contributed by atoms with Crippen LogP contribution in [0.3, 0.4) is 0 Å². The van der Waals surface area contributed by atoms with E-state index in [4.69, 9.17) is 9.15 Å². The van der Waals surface area contributed by atoms with E-state index in [1.54, 1.807) is 42.5 Å². The zero-order valence-electron chi connectivity index (χ0n) is 16.1. The standard InChI is InChI=1S/C22H21BrN2O4/c1-14(2)29-20-12-16(23)7-10-18(20)21(26)24-13-15-5-8-17(9-6-15)25-22(27)19-4-3-11-28-19/h3-12,14H,13H2,1-2H3,(H,24,26)(H,25,27). The quantitative estimate of drug-likeness (QED) is 0.523. The number of hydrogen-bond donors (Lipinski definition) is 2. The Bertz CT molecular complexity index is 983. The molecule has 1 heterocycles. The van der Waals surface area contributed by atoms with Crippen molar-refractivity contribution in [3.05, 3.63) is 82.2 Å². The highest BCUT2D eigenvalue weighted by molar-refractivity contribution is 9.10. The highest BCUT2D eigenvalue weighted by Crippen LogP contribution is 2.25. The summed E-state index contributed by atoms with van der Waals surface area (Å²) < 4.78 is 11.7. The summed E-state index contributed by atoms with van der Waals surface area (Å²) in [6.45, 7) is 4.17. The van der Waals surface area contributed by atoms with Gasteiger partial charge in [-0.15, -0.1) is 0 Å². The number of rotatable bonds is 7. The van der Waals surface area contributed by atoms with Crippen LogP contribution in [0.15, 0.2) is 69.8 Å². The predicted octanol–water partition coefficient (Wildman–Crippen LogP) is 5.01. The second-order valence-corrected chi connectivity index (χ2v) is 7.53. The third-order valence-electron chi connectivity index (χ3n) is 3.96. The highest BCUT2D eigenvalue weighted by atomic mass is 79.9. The molecule has 2 amide bonds. The van der Waals surface area contributed by atoms with E-state index in [0.29, 0.717) is 23.5 Å². The van der Waals surface area contributed by atoms with Gasteiger partial charge in [-0.3, -0.25) is 9.59 Å². The fourth-order valence-electron chi connectivity index (χ4n) is 2.62. The van der Waals surface area contributed by atoms with E-state index >= 15 is 0 Å². The molecule has 2 aromatic carbocycles. The third-order valence-corrected chi connectivity index (χ3v) is 4.45. The van der Waals surface area contributed by atoms with Crippen LogP contribution in [0.5, 0.6) is 5.75 Å². The minimum Gasteiger partial charge on any atom is -0.490 e. The van der Waals surface area contributed by atoms with E-state index in [1.807, 2.05) is 26.0 Å². The minimum atomic E-state index is -0.316. The first-order valence-corrected chi connectivity index (χ1v) is 9.90. The van der Waals surface area contributed by atoms with Crippen LogP contribution in [0.2, 0.25) is 0 Å². The van der Waals surface area contributed by atoms with Crippen LogP contribution in [-0.4, -0.2) is 17.9 Å². The monoisotopic (exact) mass is 456 g/mol. The number of benzene rings is 2. The van der Waals surface area contributed by atoms with Crippen molar-refractivity contribution in [1.82, 2.24) is 5.32 Å². The number of amides is 2. The van der Waals surface area contributed by atoms with Gasteiger partial charge in [0.05, 0.1) is 17.9 Å². The lowest BCUT2D eigenvalue weighted by molar-refractivity contribution is 0.0944. The maximum Gasteiger partial charge on any atom is 0.291 e. The molecule has 3 aromatic rings. The van der Waals surface area contributed by atoms with Crippen molar-refractivity contribution in [3.8, 4) is 5.75 Å². The summed E-state index contributed by atoms with van der Waals surface area (Å²) in [7, 11) is 0. The van der Waals surface area contributed by atoms with Crippen molar-refractivity contribution in [2.45, 2.75) is 26.5 Å². The van der Waals surface area contributed by atoms with E-state index in [1.165, 1.54) is 6.26 Å². The van der Waals surface area contributed by atoms with Crippen molar-refractivity contribution >= 4 is 33.4 Å². The molecule has 0 radical (unpaired) electrons. The molecule has 0 spiro atoms.